The Kier molecular flexibility index (Phi) is 6.19. The van der Waals surface area contributed by atoms with Crippen molar-refractivity contribution >= 4 is 53.1 Å². The molecule has 1 aliphatic heterocycles. The Morgan fingerprint density at radius 1 is 0.306 bits per heavy atom. The van der Waals surface area contributed by atoms with Gasteiger partial charge in [-0.25, -0.2) is 0 Å². The van der Waals surface area contributed by atoms with Crippen molar-refractivity contribution in [1.82, 2.24) is 0 Å². The second kappa shape index (κ2) is 10.7. The molecule has 0 atom stereocenters. The van der Waals surface area contributed by atoms with Gasteiger partial charge in [0.1, 0.15) is 0 Å². The first kappa shape index (κ1) is 28.4. The molecular weight excluding hydrogens is 609 g/mol. The van der Waals surface area contributed by atoms with Gasteiger partial charge >= 0.3 is 0 Å². The molecule has 10 rings (SSSR count). The van der Waals surface area contributed by atoms with Crippen LogP contribution in [0.15, 0.2) is 180 Å². The largest absolute Gasteiger partial charge is 0.192 e. The summed E-state index contributed by atoms with van der Waals surface area (Å²) in [7, 11) is -1.25. The highest BCUT2D eigenvalue weighted by molar-refractivity contribution is 8.33. The molecule has 1 heterocycles. The average Bonchev–Trinajstić information content (AvgIpc) is 3.36. The lowest BCUT2D eigenvalue weighted by Gasteiger charge is -2.29. The van der Waals surface area contributed by atoms with Crippen molar-refractivity contribution in [2.75, 3.05) is 12.5 Å². The number of hydrogen-bond acceptors (Lipinski definition) is 0. The fourth-order valence-corrected chi connectivity index (χ4v) is 10.7. The van der Waals surface area contributed by atoms with E-state index in [0.29, 0.717) is 0 Å². The van der Waals surface area contributed by atoms with E-state index in [1.54, 1.807) is 0 Å². The average molecular weight is 643 g/mol. The topological polar surface area (TPSA) is 0 Å². The lowest BCUT2D eigenvalue weighted by Crippen LogP contribution is -1.95. The third-order valence-corrected chi connectivity index (χ3v) is 13.5. The number of fused-ring (bicyclic) bond motifs is 7. The number of benzene rings is 9. The Hall–Kier alpha value is -5.63. The van der Waals surface area contributed by atoms with Crippen molar-refractivity contribution in [3.05, 3.63) is 170 Å². The normalized spacial score (nSPS) is 13.9. The molecule has 1 heteroatoms. The Morgan fingerprint density at radius 2 is 0.776 bits per heavy atom. The van der Waals surface area contributed by atoms with Crippen LogP contribution in [0.4, 0.5) is 0 Å². The summed E-state index contributed by atoms with van der Waals surface area (Å²) in [5.41, 5.74) is 10.4. The van der Waals surface area contributed by atoms with Crippen molar-refractivity contribution < 1.29 is 0 Å². The molecule has 0 radical (unpaired) electrons. The molecule has 0 saturated heterocycles. The first-order valence-corrected chi connectivity index (χ1v) is 19.4. The van der Waals surface area contributed by atoms with Gasteiger partial charge in [-0.1, -0.05) is 133 Å². The summed E-state index contributed by atoms with van der Waals surface area (Å²) >= 11 is 0. The lowest BCUT2D eigenvalue weighted by atomic mass is 9.83. The molecule has 1 aliphatic rings. The van der Waals surface area contributed by atoms with E-state index in [2.05, 4.69) is 182 Å². The Labute approximate surface area is 288 Å². The lowest BCUT2D eigenvalue weighted by molar-refractivity contribution is 1.49. The Balaban J connectivity index is 1.35. The minimum Gasteiger partial charge on any atom is -0.192 e. The third kappa shape index (κ3) is 4.32. The van der Waals surface area contributed by atoms with Crippen LogP contribution in [0.1, 0.15) is 0 Å². The molecule has 0 spiro atoms. The van der Waals surface area contributed by atoms with Crippen LogP contribution in [0.5, 0.6) is 0 Å². The molecule has 232 valence electrons. The van der Waals surface area contributed by atoms with Crippen LogP contribution in [-0.4, -0.2) is 12.5 Å². The summed E-state index contributed by atoms with van der Waals surface area (Å²) in [4.78, 5) is 2.97. The molecular formula is C48H34S. The van der Waals surface area contributed by atoms with Gasteiger partial charge < -0.3 is 0 Å². The van der Waals surface area contributed by atoms with Crippen LogP contribution in [0.3, 0.4) is 0 Å². The van der Waals surface area contributed by atoms with Gasteiger partial charge in [0.05, 0.1) is 0 Å². The zero-order valence-electron chi connectivity index (χ0n) is 27.6. The highest BCUT2D eigenvalue weighted by atomic mass is 32.3. The van der Waals surface area contributed by atoms with E-state index in [4.69, 9.17) is 0 Å². The van der Waals surface area contributed by atoms with E-state index in [1.165, 1.54) is 97.4 Å². The smallest absolute Gasteiger partial charge is 0.00220 e. The van der Waals surface area contributed by atoms with Crippen LogP contribution in [-0.2, 0) is 0 Å². The SMILES string of the molecule is CS1(C)c2cc3ccccc3cc2-c2cc3c(-c4ccccc4)c4ccc(-c5ccc6ccccc6c5)cc4c(-c4ccccc4)c3cc21. The molecule has 0 nitrogen and oxygen atoms in total. The highest BCUT2D eigenvalue weighted by Crippen LogP contribution is 2.68. The zero-order chi connectivity index (χ0) is 32.7. The second-order valence-corrected chi connectivity index (χ2v) is 17.3. The maximum Gasteiger partial charge on any atom is 0.00220 e. The molecule has 49 heavy (non-hydrogen) atoms. The van der Waals surface area contributed by atoms with Gasteiger partial charge in [-0.3, -0.25) is 0 Å². The van der Waals surface area contributed by atoms with Crippen LogP contribution >= 0.6 is 10.0 Å². The Morgan fingerprint density at radius 3 is 1.47 bits per heavy atom. The fourth-order valence-electron chi connectivity index (χ4n) is 8.24. The fraction of sp³-hybridized carbons (Fsp3) is 0.0417. The predicted molar refractivity (Wildman–Crippen MR) is 214 cm³/mol. The number of hydrogen-bond donors (Lipinski definition) is 0. The maximum absolute atomic E-state index is 2.57. The van der Waals surface area contributed by atoms with Crippen molar-refractivity contribution in [2.45, 2.75) is 9.79 Å². The first-order chi connectivity index (χ1) is 24.0. The van der Waals surface area contributed by atoms with Crippen LogP contribution < -0.4 is 0 Å². The Bertz CT molecular complexity index is 2770. The van der Waals surface area contributed by atoms with Gasteiger partial charge in [-0.05, 0) is 137 Å². The summed E-state index contributed by atoms with van der Waals surface area (Å²) in [5, 5.41) is 10.4. The van der Waals surface area contributed by atoms with Crippen molar-refractivity contribution in [1.29, 1.82) is 0 Å². The number of rotatable bonds is 3. The minimum absolute atomic E-state index is 1.24. The van der Waals surface area contributed by atoms with Crippen molar-refractivity contribution in [2.24, 2.45) is 0 Å². The molecule has 0 unspecified atom stereocenters. The molecule has 9 aromatic rings. The van der Waals surface area contributed by atoms with E-state index >= 15 is 0 Å². The van der Waals surface area contributed by atoms with Crippen LogP contribution in [0.25, 0.3) is 87.6 Å². The van der Waals surface area contributed by atoms with E-state index in [1.807, 2.05) is 0 Å². The van der Waals surface area contributed by atoms with Gasteiger partial charge in [0.25, 0.3) is 0 Å². The molecule has 0 N–H and O–H groups in total. The van der Waals surface area contributed by atoms with E-state index in [0.717, 1.165) is 0 Å². The van der Waals surface area contributed by atoms with Gasteiger partial charge in [-0.15, -0.1) is 0 Å². The van der Waals surface area contributed by atoms with Crippen LogP contribution in [0, 0.1) is 0 Å². The molecule has 0 bridgehead atoms. The second-order valence-electron chi connectivity index (χ2n) is 13.7. The molecule has 0 saturated carbocycles. The molecule has 0 fully saturated rings. The summed E-state index contributed by atoms with van der Waals surface area (Å²) in [5.74, 6) is 0. The summed E-state index contributed by atoms with van der Waals surface area (Å²) in [6, 6.07) is 63.5. The third-order valence-electron chi connectivity index (χ3n) is 10.7. The molecule has 0 amide bonds. The molecule has 9 aromatic carbocycles. The summed E-state index contributed by atoms with van der Waals surface area (Å²) in [6.07, 6.45) is 4.97. The maximum atomic E-state index is 2.57. The molecule has 0 aliphatic carbocycles. The van der Waals surface area contributed by atoms with Gasteiger partial charge in [0, 0.05) is 9.79 Å². The predicted octanol–water partition coefficient (Wildman–Crippen LogP) is 13.8. The standard InChI is InChI=1S/C48H34S/c1-49(2)45-28-36-20-12-11-19-35(36)26-40(45)41-29-43-44(30-46(41)49)48(33-16-7-4-8-17-33)42-27-38(37-22-21-31-13-9-10-18-34(31)25-37)23-24-39(42)47(43)32-14-5-3-6-15-32/h3-30H,1-2H3. The molecule has 0 aromatic heterocycles. The van der Waals surface area contributed by atoms with Crippen molar-refractivity contribution in [3.63, 3.8) is 0 Å². The first-order valence-electron chi connectivity index (χ1n) is 17.0. The summed E-state index contributed by atoms with van der Waals surface area (Å²) < 4.78 is 0. The minimum atomic E-state index is -1.25. The monoisotopic (exact) mass is 642 g/mol. The van der Waals surface area contributed by atoms with E-state index < -0.39 is 10.0 Å². The van der Waals surface area contributed by atoms with Gasteiger partial charge in [0.2, 0.25) is 0 Å². The highest BCUT2D eigenvalue weighted by Gasteiger charge is 2.33. The quantitative estimate of drug-likeness (QED) is 0.168. The van der Waals surface area contributed by atoms with Gasteiger partial charge in [0.15, 0.2) is 0 Å². The van der Waals surface area contributed by atoms with Crippen LogP contribution in [0.2, 0.25) is 0 Å². The van der Waals surface area contributed by atoms with E-state index in [-0.39, 0.29) is 0 Å². The zero-order valence-corrected chi connectivity index (χ0v) is 28.4. The van der Waals surface area contributed by atoms with E-state index in [9.17, 15) is 0 Å². The summed E-state index contributed by atoms with van der Waals surface area (Å²) in [6.45, 7) is 0. The van der Waals surface area contributed by atoms with Crippen molar-refractivity contribution in [3.8, 4) is 44.5 Å². The van der Waals surface area contributed by atoms with Gasteiger partial charge in [-0.2, -0.15) is 10.0 Å².